The molecule has 0 radical (unpaired) electrons. The smallest absolute Gasteiger partial charge is 0.254 e. The van der Waals surface area contributed by atoms with Crippen molar-refractivity contribution in [3.63, 3.8) is 0 Å². The minimum Gasteiger partial charge on any atom is -0.366 e. The normalized spacial score (nSPS) is 14.0. The number of fused-ring (bicyclic) bond motifs is 1. The second-order valence-corrected chi connectivity index (χ2v) is 7.12. The summed E-state index contributed by atoms with van der Waals surface area (Å²) in [6, 6.07) is 4.04. The van der Waals surface area contributed by atoms with Gasteiger partial charge in [0.2, 0.25) is 11.9 Å². The monoisotopic (exact) mass is 380 g/mol. The first kappa shape index (κ1) is 18.1. The lowest BCUT2D eigenvalue weighted by Crippen LogP contribution is -2.26. The number of nitrogens with zero attached hydrogens (tertiary/aromatic N) is 6. The Morgan fingerprint density at radius 3 is 2.71 bits per heavy atom. The van der Waals surface area contributed by atoms with E-state index in [1.165, 1.54) is 12.8 Å². The van der Waals surface area contributed by atoms with Crippen LogP contribution in [0.1, 0.15) is 35.4 Å². The first-order valence-electron chi connectivity index (χ1n) is 9.46. The van der Waals surface area contributed by atoms with Gasteiger partial charge >= 0.3 is 0 Å². The van der Waals surface area contributed by atoms with Gasteiger partial charge in [-0.1, -0.05) is 6.07 Å². The van der Waals surface area contributed by atoms with Crippen LogP contribution in [0, 0.1) is 13.8 Å². The van der Waals surface area contributed by atoms with E-state index in [1.807, 2.05) is 32.2 Å². The van der Waals surface area contributed by atoms with Gasteiger partial charge in [0.15, 0.2) is 0 Å². The quantitative estimate of drug-likeness (QED) is 0.683. The maximum atomic E-state index is 12.5. The maximum Gasteiger partial charge on any atom is 0.254 e. The molecule has 4 heterocycles. The molecular formula is C19H24N8O. The van der Waals surface area contributed by atoms with Crippen LogP contribution >= 0.6 is 0 Å². The standard InChI is InChI=1S/C19H24N8O/c1-12-15(13(2)27-19(23-12)24-18(20)25-27)9-17(28)22-11-14-5-6-16(21-10-14)26-7-3-4-8-26/h5-6,10H,3-4,7-9,11H2,1-2H3,(H2,20,25)(H,22,28). The average Bonchev–Trinajstić information content (AvgIpc) is 3.33. The molecule has 0 bridgehead atoms. The fourth-order valence-corrected chi connectivity index (χ4v) is 3.56. The van der Waals surface area contributed by atoms with Crippen LogP contribution in [0.4, 0.5) is 11.8 Å². The molecule has 1 aliphatic rings. The van der Waals surface area contributed by atoms with Gasteiger partial charge in [-0.2, -0.15) is 9.50 Å². The van der Waals surface area contributed by atoms with Crippen molar-refractivity contribution in [3.8, 4) is 0 Å². The van der Waals surface area contributed by atoms with Crippen molar-refractivity contribution in [2.75, 3.05) is 23.7 Å². The molecule has 0 aromatic carbocycles. The Kier molecular flexibility index (Phi) is 4.81. The summed E-state index contributed by atoms with van der Waals surface area (Å²) >= 11 is 0. The number of amides is 1. The number of carbonyl (C=O) groups is 1. The van der Waals surface area contributed by atoms with Crippen LogP contribution in [0.3, 0.4) is 0 Å². The highest BCUT2D eigenvalue weighted by Crippen LogP contribution is 2.18. The maximum absolute atomic E-state index is 12.5. The number of pyridine rings is 1. The number of hydrogen-bond acceptors (Lipinski definition) is 7. The van der Waals surface area contributed by atoms with Crippen LogP contribution in [0.25, 0.3) is 5.78 Å². The first-order valence-corrected chi connectivity index (χ1v) is 9.46. The van der Waals surface area contributed by atoms with Gasteiger partial charge in [-0.05, 0) is 38.3 Å². The molecule has 1 aliphatic heterocycles. The second kappa shape index (κ2) is 7.41. The molecule has 9 heteroatoms. The summed E-state index contributed by atoms with van der Waals surface area (Å²) in [7, 11) is 0. The zero-order valence-electron chi connectivity index (χ0n) is 16.1. The van der Waals surface area contributed by atoms with Gasteiger partial charge in [0.1, 0.15) is 5.82 Å². The van der Waals surface area contributed by atoms with E-state index in [9.17, 15) is 4.79 Å². The average molecular weight is 380 g/mol. The SMILES string of the molecule is Cc1nc2nc(N)nn2c(C)c1CC(=O)NCc1ccc(N2CCCC2)nc1. The molecule has 1 fully saturated rings. The summed E-state index contributed by atoms with van der Waals surface area (Å²) in [5.41, 5.74) is 9.03. The van der Waals surface area contributed by atoms with E-state index < -0.39 is 0 Å². The lowest BCUT2D eigenvalue weighted by molar-refractivity contribution is -0.120. The molecule has 1 amide bonds. The van der Waals surface area contributed by atoms with Gasteiger partial charge in [-0.3, -0.25) is 4.79 Å². The largest absolute Gasteiger partial charge is 0.366 e. The molecule has 28 heavy (non-hydrogen) atoms. The van der Waals surface area contributed by atoms with Crippen LogP contribution in [0.2, 0.25) is 0 Å². The summed E-state index contributed by atoms with van der Waals surface area (Å²) < 4.78 is 1.58. The van der Waals surface area contributed by atoms with Gasteiger partial charge in [0.25, 0.3) is 5.78 Å². The predicted octanol–water partition coefficient (Wildman–Crippen LogP) is 1.18. The fraction of sp³-hybridized carbons (Fsp3) is 0.421. The number of aryl methyl sites for hydroxylation is 2. The van der Waals surface area contributed by atoms with Crippen LogP contribution in [-0.2, 0) is 17.8 Å². The Balaban J connectivity index is 1.40. The second-order valence-electron chi connectivity index (χ2n) is 7.12. The third kappa shape index (κ3) is 3.60. The molecule has 0 unspecified atom stereocenters. The Hall–Kier alpha value is -3.23. The summed E-state index contributed by atoms with van der Waals surface area (Å²) in [5, 5.41) is 7.09. The molecule has 146 valence electrons. The zero-order chi connectivity index (χ0) is 19.7. The van der Waals surface area contributed by atoms with Crippen molar-refractivity contribution in [2.24, 2.45) is 0 Å². The summed E-state index contributed by atoms with van der Waals surface area (Å²) in [5.74, 6) is 1.54. The number of nitrogens with one attached hydrogen (secondary N) is 1. The number of anilines is 2. The third-order valence-corrected chi connectivity index (χ3v) is 5.13. The Bertz CT molecular complexity index is 1000. The highest BCUT2D eigenvalue weighted by Gasteiger charge is 2.16. The van der Waals surface area contributed by atoms with E-state index in [0.717, 1.165) is 41.4 Å². The van der Waals surface area contributed by atoms with Gasteiger partial charge in [0.05, 0.1) is 6.42 Å². The van der Waals surface area contributed by atoms with Gasteiger partial charge in [-0.25, -0.2) is 9.97 Å². The summed E-state index contributed by atoms with van der Waals surface area (Å²) in [4.78, 5) is 27.7. The molecule has 0 saturated carbocycles. The van der Waals surface area contributed by atoms with Gasteiger partial charge in [-0.15, -0.1) is 5.10 Å². The van der Waals surface area contributed by atoms with Gasteiger partial charge < -0.3 is 16.0 Å². The van der Waals surface area contributed by atoms with Crippen LogP contribution in [0.15, 0.2) is 18.3 Å². The van der Waals surface area contributed by atoms with E-state index in [-0.39, 0.29) is 18.3 Å². The Morgan fingerprint density at radius 1 is 1.21 bits per heavy atom. The molecule has 3 aromatic rings. The molecule has 3 aromatic heterocycles. The van der Waals surface area contributed by atoms with E-state index >= 15 is 0 Å². The van der Waals surface area contributed by atoms with Crippen molar-refractivity contribution in [2.45, 2.75) is 39.7 Å². The lowest BCUT2D eigenvalue weighted by Gasteiger charge is -2.16. The van der Waals surface area contributed by atoms with Crippen molar-refractivity contribution in [1.82, 2.24) is 29.9 Å². The van der Waals surface area contributed by atoms with Crippen molar-refractivity contribution >= 4 is 23.5 Å². The molecule has 9 nitrogen and oxygen atoms in total. The van der Waals surface area contributed by atoms with E-state index in [4.69, 9.17) is 5.73 Å². The lowest BCUT2D eigenvalue weighted by atomic mass is 10.1. The van der Waals surface area contributed by atoms with E-state index in [1.54, 1.807) is 4.52 Å². The number of carbonyl (C=O) groups excluding carboxylic acids is 1. The van der Waals surface area contributed by atoms with Crippen LogP contribution in [0.5, 0.6) is 0 Å². The summed E-state index contributed by atoms with van der Waals surface area (Å²) in [6.45, 7) is 6.33. The number of hydrogen-bond donors (Lipinski definition) is 2. The fourth-order valence-electron chi connectivity index (χ4n) is 3.56. The Morgan fingerprint density at radius 2 is 2.00 bits per heavy atom. The van der Waals surface area contributed by atoms with E-state index in [2.05, 4.69) is 30.3 Å². The van der Waals surface area contributed by atoms with Crippen molar-refractivity contribution in [3.05, 3.63) is 40.8 Å². The van der Waals surface area contributed by atoms with Crippen LogP contribution in [-0.4, -0.2) is 43.6 Å². The number of aromatic nitrogens is 5. The van der Waals surface area contributed by atoms with E-state index in [0.29, 0.717) is 12.3 Å². The first-order chi connectivity index (χ1) is 13.5. The minimum atomic E-state index is -0.0796. The number of nitrogen functional groups attached to an aromatic ring is 1. The highest BCUT2D eigenvalue weighted by atomic mass is 16.1. The minimum absolute atomic E-state index is 0.0796. The van der Waals surface area contributed by atoms with Crippen LogP contribution < -0.4 is 16.0 Å². The zero-order valence-corrected chi connectivity index (χ0v) is 16.1. The van der Waals surface area contributed by atoms with Crippen molar-refractivity contribution in [1.29, 1.82) is 0 Å². The molecule has 1 saturated heterocycles. The van der Waals surface area contributed by atoms with Gasteiger partial charge in [0, 0.05) is 42.8 Å². The highest BCUT2D eigenvalue weighted by molar-refractivity contribution is 5.79. The number of rotatable bonds is 5. The number of nitrogens with two attached hydrogens (primary N) is 1. The topological polar surface area (TPSA) is 114 Å². The third-order valence-electron chi connectivity index (χ3n) is 5.13. The molecule has 3 N–H and O–H groups in total. The molecule has 0 atom stereocenters. The molecular weight excluding hydrogens is 356 g/mol. The molecule has 0 spiro atoms. The summed E-state index contributed by atoms with van der Waals surface area (Å²) in [6.07, 6.45) is 4.50. The Labute approximate surface area is 163 Å². The molecule has 4 rings (SSSR count). The predicted molar refractivity (Wildman–Crippen MR) is 106 cm³/mol. The van der Waals surface area contributed by atoms with Crippen molar-refractivity contribution < 1.29 is 4.79 Å². The molecule has 0 aliphatic carbocycles.